The Kier molecular flexibility index (Phi) is 8.10. The SMILES string of the molecule is CCCCCCCCNC(=O)C=CC(C)=Cc1ccc2c(c1)OCO2. The molecule has 0 saturated carbocycles. The van der Waals surface area contributed by atoms with Crippen LogP contribution in [0, 0.1) is 0 Å². The number of unbranched alkanes of at least 4 members (excludes halogenated alkanes) is 5. The molecule has 1 aliphatic heterocycles. The van der Waals surface area contributed by atoms with E-state index in [1.807, 2.05) is 37.3 Å². The second-order valence-electron chi connectivity index (χ2n) is 6.39. The van der Waals surface area contributed by atoms with Crippen molar-refractivity contribution in [2.24, 2.45) is 0 Å². The van der Waals surface area contributed by atoms with Crippen molar-refractivity contribution in [1.82, 2.24) is 5.32 Å². The molecule has 2 rings (SSSR count). The van der Waals surface area contributed by atoms with Crippen LogP contribution >= 0.6 is 0 Å². The molecule has 0 saturated heterocycles. The molecule has 1 aliphatic rings. The molecule has 0 unspecified atom stereocenters. The third-order valence-electron chi connectivity index (χ3n) is 4.12. The summed E-state index contributed by atoms with van der Waals surface area (Å²) >= 11 is 0. The number of hydrogen-bond acceptors (Lipinski definition) is 3. The average molecular weight is 343 g/mol. The van der Waals surface area contributed by atoms with Crippen LogP contribution in [0.15, 0.2) is 35.9 Å². The van der Waals surface area contributed by atoms with E-state index in [4.69, 9.17) is 9.47 Å². The summed E-state index contributed by atoms with van der Waals surface area (Å²) in [4.78, 5) is 11.8. The molecule has 0 radical (unpaired) electrons. The third kappa shape index (κ3) is 7.04. The van der Waals surface area contributed by atoms with Crippen molar-refractivity contribution >= 4 is 12.0 Å². The number of allylic oxidation sites excluding steroid dienone is 2. The quantitative estimate of drug-likeness (QED) is 0.375. The van der Waals surface area contributed by atoms with Crippen molar-refractivity contribution in [1.29, 1.82) is 0 Å². The number of nitrogens with one attached hydrogen (secondary N) is 1. The van der Waals surface area contributed by atoms with E-state index in [0.29, 0.717) is 0 Å². The first-order valence-corrected chi connectivity index (χ1v) is 9.23. The maximum atomic E-state index is 11.8. The summed E-state index contributed by atoms with van der Waals surface area (Å²) in [6, 6.07) is 5.82. The molecule has 4 nitrogen and oxygen atoms in total. The van der Waals surface area contributed by atoms with E-state index in [1.165, 1.54) is 32.1 Å². The van der Waals surface area contributed by atoms with Gasteiger partial charge in [-0.25, -0.2) is 0 Å². The zero-order chi connectivity index (χ0) is 17.9. The van der Waals surface area contributed by atoms with Gasteiger partial charge in [-0.3, -0.25) is 4.79 Å². The Hall–Kier alpha value is -2.23. The fourth-order valence-electron chi connectivity index (χ4n) is 2.70. The van der Waals surface area contributed by atoms with E-state index in [9.17, 15) is 4.79 Å². The van der Waals surface area contributed by atoms with Crippen LogP contribution in [0.1, 0.15) is 57.9 Å². The van der Waals surface area contributed by atoms with Gasteiger partial charge < -0.3 is 14.8 Å². The van der Waals surface area contributed by atoms with Crippen LogP contribution < -0.4 is 14.8 Å². The van der Waals surface area contributed by atoms with E-state index in [1.54, 1.807) is 6.08 Å². The maximum absolute atomic E-state index is 11.8. The minimum atomic E-state index is -0.0352. The molecule has 1 heterocycles. The first-order chi connectivity index (χ1) is 12.2. The summed E-state index contributed by atoms with van der Waals surface area (Å²) in [5.41, 5.74) is 2.03. The standard InChI is InChI=1S/C21H29NO3/c1-3-4-5-6-7-8-13-22-21(23)12-9-17(2)14-18-10-11-19-20(15-18)25-16-24-19/h9-12,14-15H,3-8,13,16H2,1-2H3,(H,22,23). The summed E-state index contributed by atoms with van der Waals surface area (Å²) < 4.78 is 10.7. The normalized spacial score (nSPS) is 13.4. The van der Waals surface area contributed by atoms with Crippen molar-refractivity contribution in [2.75, 3.05) is 13.3 Å². The van der Waals surface area contributed by atoms with Gasteiger partial charge in [-0.2, -0.15) is 0 Å². The van der Waals surface area contributed by atoms with Crippen molar-refractivity contribution < 1.29 is 14.3 Å². The summed E-state index contributed by atoms with van der Waals surface area (Å²) in [5.74, 6) is 1.51. The number of hydrogen-bond donors (Lipinski definition) is 1. The zero-order valence-electron chi connectivity index (χ0n) is 15.3. The summed E-state index contributed by atoms with van der Waals surface area (Å²) in [5, 5.41) is 2.94. The third-order valence-corrected chi connectivity index (χ3v) is 4.12. The number of amides is 1. The highest BCUT2D eigenvalue weighted by Gasteiger charge is 2.12. The molecule has 1 aromatic carbocycles. The molecule has 136 valence electrons. The molecule has 1 amide bonds. The Morgan fingerprint density at radius 2 is 1.84 bits per heavy atom. The average Bonchev–Trinajstić information content (AvgIpc) is 3.07. The highest BCUT2D eigenvalue weighted by atomic mass is 16.7. The minimum absolute atomic E-state index is 0.0352. The lowest BCUT2D eigenvalue weighted by molar-refractivity contribution is -0.116. The lowest BCUT2D eigenvalue weighted by atomic mass is 10.1. The van der Waals surface area contributed by atoms with Gasteiger partial charge in [0.25, 0.3) is 0 Å². The van der Waals surface area contributed by atoms with Crippen molar-refractivity contribution in [3.05, 3.63) is 41.5 Å². The van der Waals surface area contributed by atoms with Crippen LogP contribution in [0.4, 0.5) is 0 Å². The summed E-state index contributed by atoms with van der Waals surface area (Å²) in [6.07, 6.45) is 12.8. The Balaban J connectivity index is 1.70. The number of carbonyl (C=O) groups is 1. The molecule has 0 atom stereocenters. The molecule has 4 heteroatoms. The maximum Gasteiger partial charge on any atom is 0.243 e. The van der Waals surface area contributed by atoms with Gasteiger partial charge in [-0.1, -0.05) is 62.8 Å². The van der Waals surface area contributed by atoms with Crippen molar-refractivity contribution in [2.45, 2.75) is 52.4 Å². The van der Waals surface area contributed by atoms with Gasteiger partial charge >= 0.3 is 0 Å². The second-order valence-corrected chi connectivity index (χ2v) is 6.39. The molecular weight excluding hydrogens is 314 g/mol. The molecule has 0 spiro atoms. The molecule has 25 heavy (non-hydrogen) atoms. The van der Waals surface area contributed by atoms with E-state index < -0.39 is 0 Å². The molecule has 0 aromatic heterocycles. The van der Waals surface area contributed by atoms with Crippen molar-refractivity contribution in [3.8, 4) is 11.5 Å². The highest BCUT2D eigenvalue weighted by molar-refractivity contribution is 5.88. The van der Waals surface area contributed by atoms with Gasteiger partial charge in [0, 0.05) is 12.6 Å². The van der Waals surface area contributed by atoms with Crippen LogP contribution in [0.25, 0.3) is 6.08 Å². The fraction of sp³-hybridized carbons (Fsp3) is 0.476. The first-order valence-electron chi connectivity index (χ1n) is 9.23. The van der Waals surface area contributed by atoms with E-state index in [-0.39, 0.29) is 12.7 Å². The van der Waals surface area contributed by atoms with Gasteiger partial charge in [0.2, 0.25) is 12.7 Å². The van der Waals surface area contributed by atoms with Crippen LogP contribution in [-0.4, -0.2) is 19.2 Å². The van der Waals surface area contributed by atoms with Gasteiger partial charge in [-0.05, 0) is 31.0 Å². The number of ether oxygens (including phenoxy) is 2. The second kappa shape index (κ2) is 10.6. The topological polar surface area (TPSA) is 47.6 Å². The van der Waals surface area contributed by atoms with Crippen LogP contribution in [-0.2, 0) is 4.79 Å². The smallest absolute Gasteiger partial charge is 0.243 e. The van der Waals surface area contributed by atoms with Gasteiger partial charge in [0.1, 0.15) is 0 Å². The molecule has 0 fully saturated rings. The number of fused-ring (bicyclic) bond motifs is 1. The van der Waals surface area contributed by atoms with Gasteiger partial charge in [0.05, 0.1) is 0 Å². The lowest BCUT2D eigenvalue weighted by Gasteiger charge is -2.02. The molecular formula is C21H29NO3. The monoisotopic (exact) mass is 343 g/mol. The highest BCUT2D eigenvalue weighted by Crippen LogP contribution is 2.33. The Morgan fingerprint density at radius 3 is 2.68 bits per heavy atom. The summed E-state index contributed by atoms with van der Waals surface area (Å²) in [6.45, 7) is 5.22. The molecule has 1 aromatic rings. The Bertz CT molecular complexity index is 620. The number of carbonyl (C=O) groups excluding carboxylic acids is 1. The molecule has 0 bridgehead atoms. The minimum Gasteiger partial charge on any atom is -0.454 e. The van der Waals surface area contributed by atoms with Crippen molar-refractivity contribution in [3.63, 3.8) is 0 Å². The summed E-state index contributed by atoms with van der Waals surface area (Å²) in [7, 11) is 0. The largest absolute Gasteiger partial charge is 0.454 e. The predicted octanol–water partition coefficient (Wildman–Crippen LogP) is 4.85. The molecule has 0 aliphatic carbocycles. The lowest BCUT2D eigenvalue weighted by Crippen LogP contribution is -2.22. The van der Waals surface area contributed by atoms with Gasteiger partial charge in [-0.15, -0.1) is 0 Å². The van der Waals surface area contributed by atoms with Crippen LogP contribution in [0.5, 0.6) is 11.5 Å². The van der Waals surface area contributed by atoms with E-state index in [2.05, 4.69) is 12.2 Å². The Labute approximate surface area is 150 Å². The zero-order valence-corrected chi connectivity index (χ0v) is 15.3. The predicted molar refractivity (Wildman–Crippen MR) is 102 cm³/mol. The van der Waals surface area contributed by atoms with E-state index in [0.717, 1.165) is 35.6 Å². The number of rotatable bonds is 10. The fourth-order valence-corrected chi connectivity index (χ4v) is 2.70. The van der Waals surface area contributed by atoms with E-state index >= 15 is 0 Å². The Morgan fingerprint density at radius 1 is 1.08 bits per heavy atom. The number of benzene rings is 1. The van der Waals surface area contributed by atoms with Crippen LogP contribution in [0.3, 0.4) is 0 Å². The van der Waals surface area contributed by atoms with Gasteiger partial charge in [0.15, 0.2) is 11.5 Å². The molecule has 1 N–H and O–H groups in total. The van der Waals surface area contributed by atoms with Crippen LogP contribution in [0.2, 0.25) is 0 Å². The first kappa shape index (κ1) is 19.1.